The number of nitrogens with zero attached hydrogens (tertiary/aromatic N) is 2. The Morgan fingerprint density at radius 2 is 1.76 bits per heavy atom. The number of carbonyl (C=O) groups excluding carboxylic acids is 1. The van der Waals surface area contributed by atoms with Crippen molar-refractivity contribution in [2.45, 2.75) is 37.1 Å². The number of carbonyl (C=O) groups is 1. The van der Waals surface area contributed by atoms with Crippen LogP contribution < -0.4 is 5.32 Å². The van der Waals surface area contributed by atoms with Crippen molar-refractivity contribution in [3.05, 3.63) is 82.2 Å². The third-order valence-electron chi connectivity index (χ3n) is 7.35. The maximum absolute atomic E-state index is 13.6. The lowest BCUT2D eigenvalue weighted by atomic mass is 9.76. The van der Waals surface area contributed by atoms with Crippen molar-refractivity contribution in [2.24, 2.45) is 0 Å². The van der Waals surface area contributed by atoms with Crippen molar-refractivity contribution < 1.29 is 4.79 Å². The van der Waals surface area contributed by atoms with Crippen LogP contribution in [-0.4, -0.2) is 23.8 Å². The quantitative estimate of drug-likeness (QED) is 0.402. The van der Waals surface area contributed by atoms with Crippen molar-refractivity contribution >= 4 is 44.1 Å². The highest BCUT2D eigenvalue weighted by Gasteiger charge is 2.49. The van der Waals surface area contributed by atoms with Gasteiger partial charge in [0.25, 0.3) is 0 Å². The van der Waals surface area contributed by atoms with Crippen LogP contribution in [0.15, 0.2) is 60.7 Å². The van der Waals surface area contributed by atoms with Crippen LogP contribution in [0.4, 0.5) is 0 Å². The van der Waals surface area contributed by atoms with Crippen LogP contribution in [0.5, 0.6) is 0 Å². The van der Waals surface area contributed by atoms with E-state index < -0.39 is 11.5 Å². The largest absolute Gasteiger partial charge is 0.345 e. The normalized spacial score (nSPS) is 22.7. The summed E-state index contributed by atoms with van der Waals surface area (Å²) in [4.78, 5) is 16.0. The zero-order valence-electron chi connectivity index (χ0n) is 19.1. The van der Waals surface area contributed by atoms with E-state index in [1.54, 1.807) is 18.4 Å². The summed E-state index contributed by atoms with van der Waals surface area (Å²) in [7, 11) is 1.66. The summed E-state index contributed by atoms with van der Waals surface area (Å²) in [5.74, 6) is 0.214. The maximum atomic E-state index is 13.6. The Hall–Kier alpha value is -3.69. The molecule has 2 aliphatic rings. The summed E-state index contributed by atoms with van der Waals surface area (Å²) in [5.41, 5.74) is 2.15. The molecule has 2 atom stereocenters. The van der Waals surface area contributed by atoms with Gasteiger partial charge in [-0.3, -0.25) is 15.1 Å². The molecular weight excluding hydrogens is 440 g/mol. The molecule has 1 amide bonds. The third-order valence-corrected chi connectivity index (χ3v) is 8.68. The van der Waals surface area contributed by atoms with Crippen molar-refractivity contribution in [1.82, 2.24) is 10.2 Å². The highest BCUT2D eigenvalue weighted by Crippen LogP contribution is 2.47. The molecule has 0 bridgehead atoms. The molecular formula is C28H24N4OS. The minimum atomic E-state index is -0.773. The highest BCUT2D eigenvalue weighted by molar-refractivity contribution is 7.19. The number of likely N-dealkylation sites (N-methyl/N-ethyl adjacent to an activating group) is 1. The lowest BCUT2D eigenvalue weighted by molar-refractivity contribution is -0.131. The molecule has 2 fully saturated rings. The molecule has 2 heterocycles. The third kappa shape index (κ3) is 3.12. The Balaban J connectivity index is 1.52. The first-order valence-electron chi connectivity index (χ1n) is 11.5. The molecule has 0 spiro atoms. The Kier molecular flexibility index (Phi) is 4.55. The molecule has 3 aromatic carbocycles. The molecule has 0 unspecified atom stereocenters. The molecule has 1 saturated heterocycles. The summed E-state index contributed by atoms with van der Waals surface area (Å²) >= 11 is 1.64. The molecule has 5 nitrogen and oxygen atoms in total. The smallest absolute Gasteiger partial charge is 0.239 e. The van der Waals surface area contributed by atoms with E-state index in [1.807, 2.05) is 25.1 Å². The minimum absolute atomic E-state index is 0.0838. The van der Waals surface area contributed by atoms with Crippen LogP contribution >= 0.6 is 11.3 Å². The summed E-state index contributed by atoms with van der Waals surface area (Å²) < 4.78 is 1.10. The predicted octanol–water partition coefficient (Wildman–Crippen LogP) is 5.80. The van der Waals surface area contributed by atoms with E-state index in [-0.39, 0.29) is 11.9 Å². The second-order valence-electron chi connectivity index (χ2n) is 9.58. The average molecular weight is 465 g/mol. The Labute approximate surface area is 202 Å². The predicted molar refractivity (Wildman–Crippen MR) is 136 cm³/mol. The Bertz CT molecular complexity index is 1530. The molecule has 2 N–H and O–H groups in total. The number of guanidine groups is 1. The first-order valence-corrected chi connectivity index (χ1v) is 12.3. The number of nitriles is 1. The fraction of sp³-hybridized carbons (Fsp3) is 0.250. The second-order valence-corrected chi connectivity index (χ2v) is 10.7. The van der Waals surface area contributed by atoms with Gasteiger partial charge in [-0.05, 0) is 71.8 Å². The SMILES string of the molecule is CN1C(=N)N[C@](C)(c2cc3c(ccc4ccc(C#N)cc43)s2)[C@@H](c2ccc(C3CC3)cc2)C1=O. The van der Waals surface area contributed by atoms with E-state index in [1.165, 1.54) is 23.3 Å². The number of nitrogens with one attached hydrogen (secondary N) is 2. The average Bonchev–Trinajstić information content (AvgIpc) is 3.60. The van der Waals surface area contributed by atoms with Crippen LogP contribution in [0.1, 0.15) is 53.2 Å². The molecule has 34 heavy (non-hydrogen) atoms. The van der Waals surface area contributed by atoms with E-state index >= 15 is 0 Å². The van der Waals surface area contributed by atoms with Gasteiger partial charge in [0.05, 0.1) is 23.1 Å². The molecule has 4 aromatic rings. The summed E-state index contributed by atoms with van der Waals surface area (Å²) in [5, 5.41) is 24.4. The van der Waals surface area contributed by atoms with Gasteiger partial charge in [0.15, 0.2) is 5.96 Å². The van der Waals surface area contributed by atoms with Crippen LogP contribution in [0.25, 0.3) is 20.9 Å². The number of hydrogen-bond acceptors (Lipinski definition) is 4. The van der Waals surface area contributed by atoms with Gasteiger partial charge in [0, 0.05) is 22.0 Å². The monoisotopic (exact) mass is 464 g/mol. The fourth-order valence-corrected chi connectivity index (χ4v) is 6.38. The van der Waals surface area contributed by atoms with Crippen molar-refractivity contribution in [2.75, 3.05) is 7.05 Å². The molecule has 168 valence electrons. The van der Waals surface area contributed by atoms with Crippen LogP contribution in [0.3, 0.4) is 0 Å². The van der Waals surface area contributed by atoms with Gasteiger partial charge >= 0.3 is 0 Å². The first kappa shape index (κ1) is 20.9. The van der Waals surface area contributed by atoms with E-state index in [2.05, 4.69) is 53.9 Å². The van der Waals surface area contributed by atoms with Gasteiger partial charge in [0.2, 0.25) is 5.91 Å². The number of benzene rings is 3. The number of rotatable bonds is 3. The molecule has 6 heteroatoms. The number of hydrogen-bond donors (Lipinski definition) is 2. The van der Waals surface area contributed by atoms with E-state index in [0.717, 1.165) is 31.3 Å². The summed E-state index contributed by atoms with van der Waals surface area (Å²) in [6, 6.07) is 22.8. The molecule has 6 rings (SSSR count). The van der Waals surface area contributed by atoms with Gasteiger partial charge in [-0.1, -0.05) is 36.4 Å². The van der Waals surface area contributed by atoms with E-state index in [4.69, 9.17) is 5.41 Å². The molecule has 1 saturated carbocycles. The zero-order chi connectivity index (χ0) is 23.6. The number of fused-ring (bicyclic) bond motifs is 3. The molecule has 1 aliphatic heterocycles. The summed E-state index contributed by atoms with van der Waals surface area (Å²) in [6.45, 7) is 2.03. The topological polar surface area (TPSA) is 80.0 Å². The van der Waals surface area contributed by atoms with Crippen molar-refractivity contribution in [3.8, 4) is 6.07 Å². The minimum Gasteiger partial charge on any atom is -0.345 e. The second kappa shape index (κ2) is 7.41. The van der Waals surface area contributed by atoms with E-state index in [0.29, 0.717) is 11.5 Å². The van der Waals surface area contributed by atoms with Gasteiger partial charge in [-0.15, -0.1) is 11.3 Å². The Morgan fingerprint density at radius 1 is 1.06 bits per heavy atom. The van der Waals surface area contributed by atoms with Crippen LogP contribution in [0.2, 0.25) is 0 Å². The first-order chi connectivity index (χ1) is 16.4. The number of amides is 1. The number of thiophene rings is 1. The lowest BCUT2D eigenvalue weighted by Crippen LogP contribution is -2.62. The fourth-order valence-electron chi connectivity index (χ4n) is 5.18. The van der Waals surface area contributed by atoms with Crippen molar-refractivity contribution in [3.63, 3.8) is 0 Å². The van der Waals surface area contributed by atoms with Crippen LogP contribution in [-0.2, 0) is 10.3 Å². The molecule has 1 aromatic heterocycles. The van der Waals surface area contributed by atoms with Gasteiger partial charge < -0.3 is 5.32 Å². The standard InChI is InChI=1S/C28H24N4OS/c1-28(24-14-22-21-13-16(15-29)3-4-19(21)11-12-23(22)34-24)25(26(33)32(2)27(30)31-28)20-9-7-18(8-10-20)17-5-6-17/h3-4,7-14,17,25H,5-6H2,1-2H3,(H2,30,31)/t25-,28+/m0/s1. The lowest BCUT2D eigenvalue weighted by Gasteiger charge is -2.45. The summed E-state index contributed by atoms with van der Waals surface area (Å²) in [6.07, 6.45) is 2.48. The van der Waals surface area contributed by atoms with Gasteiger partial charge in [-0.2, -0.15) is 5.26 Å². The highest BCUT2D eigenvalue weighted by atomic mass is 32.1. The van der Waals surface area contributed by atoms with Crippen molar-refractivity contribution in [1.29, 1.82) is 10.7 Å². The maximum Gasteiger partial charge on any atom is 0.239 e. The van der Waals surface area contributed by atoms with Crippen LogP contribution in [0, 0.1) is 16.7 Å². The van der Waals surface area contributed by atoms with E-state index in [9.17, 15) is 10.1 Å². The van der Waals surface area contributed by atoms with Gasteiger partial charge in [0.1, 0.15) is 0 Å². The zero-order valence-corrected chi connectivity index (χ0v) is 19.9. The van der Waals surface area contributed by atoms with Gasteiger partial charge in [-0.25, -0.2) is 0 Å². The molecule has 1 aliphatic carbocycles. The Morgan fingerprint density at radius 3 is 2.47 bits per heavy atom. The molecule has 0 radical (unpaired) electrons.